The minimum atomic E-state index is -0.408. The number of hydrogen-bond donors (Lipinski definition) is 9. The first-order chi connectivity index (χ1) is 54.8. The van der Waals surface area contributed by atoms with Crippen molar-refractivity contribution in [3.8, 4) is 0 Å². The number of aliphatic hydroxyl groups is 4. The highest BCUT2D eigenvalue weighted by Crippen LogP contribution is 2.40. The van der Waals surface area contributed by atoms with Gasteiger partial charge in [0, 0.05) is 168 Å². The van der Waals surface area contributed by atoms with Crippen molar-refractivity contribution in [2.45, 2.75) is 167 Å². The number of carbonyl (C=O) groups is 2. The Balaban J connectivity index is 0.000000126. The second kappa shape index (κ2) is 35.6. The predicted molar refractivity (Wildman–Crippen MR) is 463 cm³/mol. The summed E-state index contributed by atoms with van der Waals surface area (Å²) >= 11 is 0. The molecule has 0 bridgehead atoms. The van der Waals surface area contributed by atoms with Gasteiger partial charge in [0.1, 0.15) is 0 Å². The zero-order chi connectivity index (χ0) is 80.1. The van der Waals surface area contributed by atoms with Crippen LogP contribution in [0.1, 0.15) is 97.2 Å². The number of nitrogens with zero attached hydrogens (tertiary/aromatic N) is 8. The molecule has 0 saturated carbocycles. The number of nitrogens with two attached hydrogens (primary N) is 3. The van der Waals surface area contributed by atoms with Gasteiger partial charge < -0.3 is 77.2 Å². The maximum Gasteiger partial charge on any atom is 0.495 e. The van der Waals surface area contributed by atoms with E-state index < -0.39 is 19.3 Å². The minimum absolute atomic E-state index is 0.0506. The molecule has 2 amide bonds. The molecule has 5 saturated heterocycles. The van der Waals surface area contributed by atoms with E-state index in [0.29, 0.717) is 12.8 Å². The first kappa shape index (κ1) is 81.5. The Labute approximate surface area is 675 Å². The zero-order valence-corrected chi connectivity index (χ0v) is 68.1. The number of para-hydroxylation sites is 8. The second-order valence-electron chi connectivity index (χ2n) is 33.8. The summed E-state index contributed by atoms with van der Waals surface area (Å²) in [5, 5.41) is 49.4. The first-order valence-corrected chi connectivity index (χ1v) is 41.4. The number of rotatable bonds is 11. The Bertz CT molecular complexity index is 4490. The smallest absolute Gasteiger partial charge is 0.399 e. The molecule has 0 radical (unpaired) electrons. The summed E-state index contributed by atoms with van der Waals surface area (Å²) in [6.45, 7) is 30.3. The number of piperazine rings is 4. The highest BCUT2D eigenvalue weighted by molar-refractivity contribution is 6.62. The molecule has 0 spiro atoms. The van der Waals surface area contributed by atoms with Gasteiger partial charge in [0.2, 0.25) is 11.8 Å². The van der Waals surface area contributed by atoms with Crippen LogP contribution in [0.5, 0.6) is 0 Å². The van der Waals surface area contributed by atoms with Crippen molar-refractivity contribution in [2.24, 2.45) is 0 Å². The topological polar surface area (TPSA) is 262 Å². The van der Waals surface area contributed by atoms with Gasteiger partial charge in [-0.05, 0) is 189 Å². The van der Waals surface area contributed by atoms with Crippen molar-refractivity contribution in [3.05, 3.63) is 225 Å². The number of fused-ring (bicyclic) bond motifs is 4. The summed E-state index contributed by atoms with van der Waals surface area (Å²) in [7, 11) is -0.395. The predicted octanol–water partition coefficient (Wildman–Crippen LogP) is 8.93. The maximum absolute atomic E-state index is 11.5. The van der Waals surface area contributed by atoms with Gasteiger partial charge >= 0.3 is 7.12 Å². The van der Waals surface area contributed by atoms with Crippen molar-refractivity contribution < 1.29 is 39.3 Å². The third-order valence-corrected chi connectivity index (χ3v) is 26.1. The number of aliphatic hydroxyl groups excluding tert-OH is 4. The van der Waals surface area contributed by atoms with Crippen LogP contribution >= 0.6 is 0 Å². The third-order valence-electron chi connectivity index (χ3n) is 26.1. The van der Waals surface area contributed by atoms with Crippen molar-refractivity contribution in [1.29, 1.82) is 0 Å². The molecule has 21 nitrogen and oxygen atoms in total. The highest BCUT2D eigenvalue weighted by Gasteiger charge is 2.53. The fraction of sp³-hybridized carbons (Fsp3) is 0.457. The molecule has 4 aliphatic carbocycles. The van der Waals surface area contributed by atoms with E-state index >= 15 is 0 Å². The fourth-order valence-electron chi connectivity index (χ4n) is 19.0. The van der Waals surface area contributed by atoms with E-state index in [-0.39, 0.29) is 59.4 Å². The molecule has 8 aromatic carbocycles. The zero-order valence-electron chi connectivity index (χ0n) is 68.1. The molecule has 5 fully saturated rings. The van der Waals surface area contributed by atoms with Gasteiger partial charge in [-0.25, -0.2) is 0 Å². The Morgan fingerprint density at radius 1 is 0.351 bits per heavy atom. The number of hydrogen-bond acceptors (Lipinski definition) is 19. The quantitative estimate of drug-likeness (QED) is 0.0432. The molecule has 12 N–H and O–H groups in total. The number of aryl methyl sites for hydroxylation is 2. The summed E-state index contributed by atoms with van der Waals surface area (Å²) in [5.41, 5.74) is 40.2. The Hall–Kier alpha value is -9.04. The molecule has 9 aliphatic rings. The molecule has 5 unspecified atom stereocenters. The van der Waals surface area contributed by atoms with Gasteiger partial charge in [0.05, 0.1) is 81.1 Å². The number of nitrogen functional groups attached to an aromatic ring is 3. The molecule has 5 heterocycles. The lowest BCUT2D eigenvalue weighted by molar-refractivity contribution is -0.115. The van der Waals surface area contributed by atoms with Gasteiger partial charge in [-0.1, -0.05) is 115 Å². The molecule has 604 valence electrons. The van der Waals surface area contributed by atoms with Crippen molar-refractivity contribution in [2.75, 3.05) is 152 Å². The molecular weight excluding hydrogens is 1430 g/mol. The van der Waals surface area contributed by atoms with Crippen LogP contribution in [0.25, 0.3) is 0 Å². The standard InChI is InChI=1S/C26H36BN3O3.C23H29N3O2.C22H28N4O2.C21H27N3O/c1-25(2)26(3,4)33-27(32-25)20-9-7-8-18-16-23(24(31)17-19(18)20)30-14-12-29(13-15-30)22-11-6-5-10-21(22)28;1-16-6-5-7-18-14-22(23(28)15-19(16)18)26-12-10-25(11-13-26)21-9-4-3-8-20(21)24-17(2)27;1-15(27)24-19-7-2-3-8-20(19)25-9-11-26(12-10-25)21-13-16-5-4-6-18(23)17(16)14-22(21)28;1-15-5-4-6-16-13-20(21(25)14-17(15)16)24-11-9-23(10-12-24)19-8-3-2-7-18(19)22/h5-11,23-24,31H,12-17,28H2,1-4H3;3-9,22-23,28H,10-15H2,1-2H3,(H,24,27);2-8,21-22,28H,9-14,23H2,1H3,(H,24,27);2-8,20-21,25H,9-14,22H2,1H3/t23-,24?;22-,23?;;20-,21?/m00.0/s1. The number of anilines is 9. The third kappa shape index (κ3) is 18.3. The van der Waals surface area contributed by atoms with Crippen LogP contribution in [-0.2, 0) is 70.3 Å². The van der Waals surface area contributed by atoms with E-state index in [0.717, 1.165) is 205 Å². The fourth-order valence-corrected chi connectivity index (χ4v) is 19.0. The summed E-state index contributed by atoms with van der Waals surface area (Å²) in [6, 6.07) is 58.1. The summed E-state index contributed by atoms with van der Waals surface area (Å²) in [6.07, 6.45) is 4.94. The van der Waals surface area contributed by atoms with E-state index in [1.54, 1.807) is 6.92 Å². The van der Waals surface area contributed by atoms with Crippen LogP contribution in [0, 0.1) is 13.8 Å². The number of carbonyl (C=O) groups excluding carboxylic acids is 2. The Morgan fingerprint density at radius 2 is 0.632 bits per heavy atom. The average molecular weight is 1550 g/mol. The Kier molecular flexibility index (Phi) is 25.5. The van der Waals surface area contributed by atoms with Crippen LogP contribution in [-0.4, -0.2) is 223 Å². The Morgan fingerprint density at radius 3 is 0.991 bits per heavy atom. The van der Waals surface area contributed by atoms with E-state index in [9.17, 15) is 30.0 Å². The van der Waals surface area contributed by atoms with E-state index in [1.807, 2.05) is 84.9 Å². The summed E-state index contributed by atoms with van der Waals surface area (Å²) in [5.74, 6) is -0.111. The molecular formula is C92H120BN13O8. The SMILES string of the molecule is CC(=O)Nc1ccccc1N1CCN(C2Cc3cccc(N)c3CC2O)CC1.CC(=O)Nc1ccccc1N1CCN([C@H]2Cc3cccc(C)c3CC2O)CC1.CC1(C)OB(c2cccc3c2CC(O)[C@@H](N2CCN(c4ccccc4N)CC2)C3)OC1(C)C.Cc1cccc2c1CC(O)[C@@H](N1CCN(c3ccccc3N)CC1)C2. The average Bonchev–Trinajstić information content (AvgIpc) is 1.58. The van der Waals surface area contributed by atoms with Crippen LogP contribution in [0.2, 0.25) is 0 Å². The van der Waals surface area contributed by atoms with Crippen LogP contribution < -0.4 is 52.9 Å². The molecule has 5 aliphatic heterocycles. The van der Waals surface area contributed by atoms with Crippen LogP contribution in [0.3, 0.4) is 0 Å². The molecule has 22 heteroatoms. The first-order valence-electron chi connectivity index (χ1n) is 41.4. The van der Waals surface area contributed by atoms with E-state index in [1.165, 1.54) is 57.0 Å². The van der Waals surface area contributed by atoms with Crippen LogP contribution in [0.4, 0.5) is 51.2 Å². The summed E-state index contributed by atoms with van der Waals surface area (Å²) in [4.78, 5) is 42.1. The summed E-state index contributed by atoms with van der Waals surface area (Å²) < 4.78 is 12.7. The van der Waals surface area contributed by atoms with Gasteiger partial charge in [-0.2, -0.15) is 0 Å². The van der Waals surface area contributed by atoms with E-state index in [4.69, 9.17) is 26.5 Å². The minimum Gasteiger partial charge on any atom is -0.399 e. The molecule has 8 aromatic rings. The number of amides is 2. The molecule has 17 rings (SSSR count). The number of nitrogens with one attached hydrogen (secondary N) is 2. The second-order valence-corrected chi connectivity index (χ2v) is 33.8. The van der Waals surface area contributed by atoms with Crippen molar-refractivity contribution in [1.82, 2.24) is 19.6 Å². The van der Waals surface area contributed by atoms with Crippen molar-refractivity contribution in [3.63, 3.8) is 0 Å². The maximum atomic E-state index is 11.5. The molecule has 8 atom stereocenters. The molecule has 0 aromatic heterocycles. The largest absolute Gasteiger partial charge is 0.495 e. The van der Waals surface area contributed by atoms with Gasteiger partial charge in [0.25, 0.3) is 0 Å². The lowest BCUT2D eigenvalue weighted by atomic mass is 9.70. The van der Waals surface area contributed by atoms with Gasteiger partial charge in [-0.3, -0.25) is 29.2 Å². The highest BCUT2D eigenvalue weighted by atomic mass is 16.7. The van der Waals surface area contributed by atoms with E-state index in [2.05, 4.69) is 176 Å². The van der Waals surface area contributed by atoms with Crippen LogP contribution in [0.15, 0.2) is 170 Å². The molecule has 114 heavy (non-hydrogen) atoms. The van der Waals surface area contributed by atoms with Gasteiger partial charge in [-0.15, -0.1) is 0 Å². The van der Waals surface area contributed by atoms with Gasteiger partial charge in [0.15, 0.2) is 0 Å². The lowest BCUT2D eigenvalue weighted by Gasteiger charge is -2.44. The monoisotopic (exact) mass is 1550 g/mol. The normalized spacial score (nSPS) is 24.2. The van der Waals surface area contributed by atoms with Crippen molar-refractivity contribution >= 4 is 75.6 Å². The lowest BCUT2D eigenvalue weighted by Crippen LogP contribution is -2.56. The number of benzene rings is 8.